The van der Waals surface area contributed by atoms with Crippen molar-refractivity contribution in [3.05, 3.63) is 182 Å². The standard InChI is InChI=1S/C48H30N2OS/c1-5-19-43-37(15-1)38-16-2-6-20-44(38)50(43)34-14-10-12-32(28-34)31-11-9-13-33(27-31)49(35-23-25-46-41(29-35)39-17-3-7-21-45(39)51-46)36-24-26-48-42(30-36)40-18-4-8-22-47(40)52-48/h1-30H. The Hall–Kier alpha value is -6.62. The molecule has 0 aliphatic carbocycles. The Balaban J connectivity index is 1.09. The summed E-state index contributed by atoms with van der Waals surface area (Å²) in [6.07, 6.45) is 0. The van der Waals surface area contributed by atoms with Gasteiger partial charge in [-0.2, -0.15) is 0 Å². The monoisotopic (exact) mass is 682 g/mol. The zero-order chi connectivity index (χ0) is 34.2. The van der Waals surface area contributed by atoms with Gasteiger partial charge >= 0.3 is 0 Å². The van der Waals surface area contributed by atoms with Gasteiger partial charge in [0.15, 0.2) is 0 Å². The van der Waals surface area contributed by atoms with Gasteiger partial charge in [-0.1, -0.05) is 97.1 Å². The van der Waals surface area contributed by atoms with Crippen molar-refractivity contribution in [3.8, 4) is 16.8 Å². The van der Waals surface area contributed by atoms with Crippen molar-refractivity contribution in [1.82, 2.24) is 4.57 Å². The minimum absolute atomic E-state index is 0.889. The summed E-state index contributed by atoms with van der Waals surface area (Å²) in [5.41, 5.74) is 10.9. The van der Waals surface area contributed by atoms with Gasteiger partial charge in [-0.3, -0.25) is 0 Å². The fourth-order valence-corrected chi connectivity index (χ4v) is 9.09. The number of thiophene rings is 1. The van der Waals surface area contributed by atoms with Gasteiger partial charge in [-0.05, 0) is 96.1 Å². The van der Waals surface area contributed by atoms with E-state index in [1.54, 1.807) is 0 Å². The molecule has 0 fully saturated rings. The minimum atomic E-state index is 0.889. The maximum atomic E-state index is 6.25. The lowest BCUT2D eigenvalue weighted by atomic mass is 10.0. The number of para-hydroxylation sites is 3. The third kappa shape index (κ3) is 4.51. The van der Waals surface area contributed by atoms with Crippen LogP contribution in [0.2, 0.25) is 0 Å². The van der Waals surface area contributed by atoms with Crippen molar-refractivity contribution in [2.24, 2.45) is 0 Å². The molecule has 0 amide bonds. The fourth-order valence-electron chi connectivity index (χ4n) is 8.00. The average molecular weight is 683 g/mol. The number of hydrogen-bond donors (Lipinski definition) is 0. The predicted molar refractivity (Wildman–Crippen MR) is 221 cm³/mol. The van der Waals surface area contributed by atoms with E-state index in [-0.39, 0.29) is 0 Å². The first-order valence-corrected chi connectivity index (χ1v) is 18.4. The predicted octanol–water partition coefficient (Wildman–Crippen LogP) is 14.2. The van der Waals surface area contributed by atoms with E-state index in [0.717, 1.165) is 55.8 Å². The van der Waals surface area contributed by atoms with E-state index in [0.29, 0.717) is 0 Å². The van der Waals surface area contributed by atoms with Crippen LogP contribution in [0.1, 0.15) is 0 Å². The zero-order valence-electron chi connectivity index (χ0n) is 28.0. The molecule has 8 aromatic carbocycles. The smallest absolute Gasteiger partial charge is 0.135 e. The molecule has 3 nitrogen and oxygen atoms in total. The van der Waals surface area contributed by atoms with Crippen LogP contribution in [-0.4, -0.2) is 4.57 Å². The van der Waals surface area contributed by atoms with E-state index in [9.17, 15) is 0 Å². The molecule has 3 heterocycles. The molecular formula is C48H30N2OS. The topological polar surface area (TPSA) is 21.3 Å². The van der Waals surface area contributed by atoms with E-state index in [4.69, 9.17) is 4.42 Å². The van der Waals surface area contributed by atoms with Gasteiger partial charge in [-0.25, -0.2) is 0 Å². The number of aromatic nitrogens is 1. The number of anilines is 3. The van der Waals surface area contributed by atoms with Crippen molar-refractivity contribution in [1.29, 1.82) is 0 Å². The number of fused-ring (bicyclic) bond motifs is 9. The van der Waals surface area contributed by atoms with Gasteiger partial charge in [-0.15, -0.1) is 11.3 Å². The third-order valence-electron chi connectivity index (χ3n) is 10.4. The molecule has 0 unspecified atom stereocenters. The maximum Gasteiger partial charge on any atom is 0.135 e. The molecule has 3 aromatic heterocycles. The van der Waals surface area contributed by atoms with Crippen LogP contribution in [0.25, 0.3) is 80.7 Å². The van der Waals surface area contributed by atoms with E-state index in [1.165, 1.54) is 42.0 Å². The lowest BCUT2D eigenvalue weighted by molar-refractivity contribution is 0.669. The highest BCUT2D eigenvalue weighted by molar-refractivity contribution is 7.25. The molecule has 4 heteroatoms. The molecule has 0 saturated heterocycles. The molecular weight excluding hydrogens is 653 g/mol. The third-order valence-corrected chi connectivity index (χ3v) is 11.5. The normalized spacial score (nSPS) is 11.8. The lowest BCUT2D eigenvalue weighted by Gasteiger charge is -2.26. The largest absolute Gasteiger partial charge is 0.456 e. The minimum Gasteiger partial charge on any atom is -0.456 e. The summed E-state index contributed by atoms with van der Waals surface area (Å²) in [6.45, 7) is 0. The molecule has 0 saturated carbocycles. The van der Waals surface area contributed by atoms with E-state index >= 15 is 0 Å². The van der Waals surface area contributed by atoms with Crippen LogP contribution in [0.15, 0.2) is 186 Å². The van der Waals surface area contributed by atoms with Crippen LogP contribution in [0, 0.1) is 0 Å². The molecule has 0 atom stereocenters. The number of nitrogens with zero attached hydrogens (tertiary/aromatic N) is 2. The second-order valence-corrected chi connectivity index (χ2v) is 14.4. The van der Waals surface area contributed by atoms with Crippen LogP contribution in [0.4, 0.5) is 17.1 Å². The van der Waals surface area contributed by atoms with Gasteiger partial charge in [0, 0.05) is 64.5 Å². The molecule has 0 radical (unpaired) electrons. The second-order valence-electron chi connectivity index (χ2n) is 13.4. The van der Waals surface area contributed by atoms with Crippen LogP contribution in [0.5, 0.6) is 0 Å². The first-order valence-electron chi connectivity index (χ1n) is 17.6. The summed E-state index contributed by atoms with van der Waals surface area (Å²) in [5, 5.41) is 7.31. The molecule has 0 aliphatic rings. The fraction of sp³-hybridized carbons (Fsp3) is 0. The Kier molecular flexibility index (Phi) is 6.42. The Labute approximate surface area is 303 Å². The summed E-state index contributed by atoms with van der Waals surface area (Å²) in [4.78, 5) is 2.38. The highest BCUT2D eigenvalue weighted by atomic mass is 32.1. The van der Waals surface area contributed by atoms with Crippen molar-refractivity contribution >= 4 is 92.3 Å². The van der Waals surface area contributed by atoms with Crippen molar-refractivity contribution in [2.75, 3.05) is 4.90 Å². The molecule has 0 N–H and O–H groups in total. The highest BCUT2D eigenvalue weighted by Crippen LogP contribution is 2.43. The molecule has 11 aromatic rings. The van der Waals surface area contributed by atoms with Gasteiger partial charge in [0.1, 0.15) is 11.2 Å². The van der Waals surface area contributed by atoms with Gasteiger partial charge in [0.25, 0.3) is 0 Å². The van der Waals surface area contributed by atoms with Crippen LogP contribution in [-0.2, 0) is 0 Å². The summed E-state index contributed by atoms with van der Waals surface area (Å²) >= 11 is 1.85. The first-order chi connectivity index (χ1) is 25.8. The highest BCUT2D eigenvalue weighted by Gasteiger charge is 2.18. The van der Waals surface area contributed by atoms with E-state index in [1.807, 2.05) is 23.5 Å². The maximum absolute atomic E-state index is 6.25. The van der Waals surface area contributed by atoms with E-state index in [2.05, 4.69) is 179 Å². The SMILES string of the molecule is c1cc(-c2cccc(-n3c4ccccc4c4ccccc43)c2)cc(N(c2ccc3oc4ccccc4c3c2)c2ccc3sc4ccccc4c3c2)c1. The molecule has 0 bridgehead atoms. The van der Waals surface area contributed by atoms with Gasteiger partial charge < -0.3 is 13.9 Å². The Bertz CT molecular complexity index is 3000. The van der Waals surface area contributed by atoms with Crippen LogP contribution < -0.4 is 4.90 Å². The molecule has 0 aliphatic heterocycles. The van der Waals surface area contributed by atoms with Gasteiger partial charge in [0.2, 0.25) is 0 Å². The molecule has 11 rings (SSSR count). The lowest BCUT2D eigenvalue weighted by Crippen LogP contribution is -2.10. The Morgan fingerprint density at radius 3 is 1.77 bits per heavy atom. The molecule has 0 spiro atoms. The Morgan fingerprint density at radius 1 is 0.385 bits per heavy atom. The second kappa shape index (κ2) is 11.5. The number of rotatable bonds is 5. The molecule has 244 valence electrons. The molecule has 52 heavy (non-hydrogen) atoms. The van der Waals surface area contributed by atoms with Crippen LogP contribution >= 0.6 is 11.3 Å². The summed E-state index contributed by atoms with van der Waals surface area (Å²) < 4.78 is 11.2. The number of hydrogen-bond acceptors (Lipinski definition) is 3. The summed E-state index contributed by atoms with van der Waals surface area (Å²) in [7, 11) is 0. The van der Waals surface area contributed by atoms with Crippen LogP contribution in [0.3, 0.4) is 0 Å². The van der Waals surface area contributed by atoms with E-state index < -0.39 is 0 Å². The first kappa shape index (κ1) is 29.1. The Morgan fingerprint density at radius 2 is 0.962 bits per heavy atom. The quantitative estimate of drug-likeness (QED) is 0.180. The number of benzene rings is 8. The van der Waals surface area contributed by atoms with Gasteiger partial charge in [0.05, 0.1) is 11.0 Å². The van der Waals surface area contributed by atoms with Crippen molar-refractivity contribution in [3.63, 3.8) is 0 Å². The zero-order valence-corrected chi connectivity index (χ0v) is 28.8. The number of furan rings is 1. The summed E-state index contributed by atoms with van der Waals surface area (Å²) in [5.74, 6) is 0. The van der Waals surface area contributed by atoms with Crippen molar-refractivity contribution in [2.45, 2.75) is 0 Å². The average Bonchev–Trinajstić information content (AvgIpc) is 3.88. The summed E-state index contributed by atoms with van der Waals surface area (Å²) in [6, 6.07) is 65.6. The van der Waals surface area contributed by atoms with Crippen molar-refractivity contribution < 1.29 is 4.42 Å².